The number of carbonyl (C=O) groups excluding carboxylic acids is 2. The fraction of sp³-hybridized carbons (Fsp3) is 0.440. The van der Waals surface area contributed by atoms with Gasteiger partial charge in [0.15, 0.2) is 6.10 Å². The molecule has 0 fully saturated rings. The summed E-state index contributed by atoms with van der Waals surface area (Å²) in [5, 5.41) is 5.74. The summed E-state index contributed by atoms with van der Waals surface area (Å²) in [6.45, 7) is 3.00. The van der Waals surface area contributed by atoms with E-state index in [1.165, 1.54) is 24.0 Å². The highest BCUT2D eigenvalue weighted by atomic mass is 16.5. The maximum absolute atomic E-state index is 12.9. The van der Waals surface area contributed by atoms with Crippen LogP contribution in [0.5, 0.6) is 5.75 Å². The van der Waals surface area contributed by atoms with Crippen molar-refractivity contribution in [1.82, 2.24) is 5.32 Å². The summed E-state index contributed by atoms with van der Waals surface area (Å²) >= 11 is 0. The number of amides is 2. The van der Waals surface area contributed by atoms with Crippen LogP contribution in [0, 0.1) is 0 Å². The van der Waals surface area contributed by atoms with Gasteiger partial charge in [-0.3, -0.25) is 9.59 Å². The average Bonchev–Trinajstić information content (AvgIpc) is 2.80. The van der Waals surface area contributed by atoms with Gasteiger partial charge >= 0.3 is 0 Å². The molecule has 1 aliphatic carbocycles. The van der Waals surface area contributed by atoms with Crippen molar-refractivity contribution in [3.63, 3.8) is 0 Å². The van der Waals surface area contributed by atoms with Crippen LogP contribution in [0.3, 0.4) is 0 Å². The number of benzene rings is 2. The number of aryl methyl sites for hydroxylation is 2. The van der Waals surface area contributed by atoms with Crippen molar-refractivity contribution >= 4 is 17.5 Å². The van der Waals surface area contributed by atoms with Crippen LogP contribution in [0.4, 0.5) is 5.69 Å². The van der Waals surface area contributed by atoms with Gasteiger partial charge in [-0.2, -0.15) is 0 Å². The lowest BCUT2D eigenvalue weighted by Crippen LogP contribution is -2.33. The summed E-state index contributed by atoms with van der Waals surface area (Å²) in [7, 11) is 1.63. The fourth-order valence-electron chi connectivity index (χ4n) is 3.79. The first-order valence-electron chi connectivity index (χ1n) is 11.1. The molecule has 2 amide bonds. The first-order chi connectivity index (χ1) is 15.1. The first kappa shape index (κ1) is 22.8. The van der Waals surface area contributed by atoms with E-state index in [2.05, 4.69) is 22.8 Å². The lowest BCUT2D eigenvalue weighted by Gasteiger charge is -2.21. The Morgan fingerprint density at radius 2 is 1.84 bits per heavy atom. The summed E-state index contributed by atoms with van der Waals surface area (Å²) < 4.78 is 11.0. The molecule has 0 aromatic heterocycles. The molecule has 0 spiro atoms. The highest BCUT2D eigenvalue weighted by Gasteiger charge is 2.21. The summed E-state index contributed by atoms with van der Waals surface area (Å²) in [6, 6.07) is 13.1. The van der Waals surface area contributed by atoms with E-state index in [1.807, 2.05) is 13.0 Å². The van der Waals surface area contributed by atoms with Gasteiger partial charge in [-0.15, -0.1) is 0 Å². The summed E-state index contributed by atoms with van der Waals surface area (Å²) in [5.41, 5.74) is 3.59. The Morgan fingerprint density at radius 3 is 2.61 bits per heavy atom. The van der Waals surface area contributed by atoms with Gasteiger partial charge in [0.25, 0.3) is 11.8 Å². The van der Waals surface area contributed by atoms with Crippen LogP contribution in [0.25, 0.3) is 0 Å². The molecule has 2 aromatic carbocycles. The Labute approximate surface area is 184 Å². The molecule has 166 valence electrons. The van der Waals surface area contributed by atoms with Gasteiger partial charge < -0.3 is 20.1 Å². The lowest BCUT2D eigenvalue weighted by atomic mass is 9.92. The molecule has 0 saturated heterocycles. The molecule has 3 rings (SSSR count). The second-order valence-corrected chi connectivity index (χ2v) is 7.79. The van der Waals surface area contributed by atoms with Gasteiger partial charge in [-0.1, -0.05) is 25.1 Å². The number of methoxy groups -OCH3 is 1. The van der Waals surface area contributed by atoms with Gasteiger partial charge in [-0.05, 0) is 73.9 Å². The van der Waals surface area contributed by atoms with Crippen molar-refractivity contribution < 1.29 is 19.1 Å². The van der Waals surface area contributed by atoms with Crippen LogP contribution in [0.2, 0.25) is 0 Å². The first-order valence-corrected chi connectivity index (χ1v) is 11.1. The van der Waals surface area contributed by atoms with Crippen LogP contribution < -0.4 is 15.4 Å². The van der Waals surface area contributed by atoms with Crippen molar-refractivity contribution in [3.05, 3.63) is 59.2 Å². The minimum Gasteiger partial charge on any atom is -0.481 e. The number of ether oxygens (including phenoxy) is 2. The summed E-state index contributed by atoms with van der Waals surface area (Å²) in [4.78, 5) is 25.5. The molecule has 0 radical (unpaired) electrons. The highest BCUT2D eigenvalue weighted by molar-refractivity contribution is 6.04. The maximum Gasteiger partial charge on any atom is 0.265 e. The molecule has 2 aromatic rings. The van der Waals surface area contributed by atoms with E-state index < -0.39 is 6.10 Å². The van der Waals surface area contributed by atoms with Crippen molar-refractivity contribution in [2.45, 2.75) is 51.6 Å². The van der Waals surface area contributed by atoms with Gasteiger partial charge in [-0.25, -0.2) is 0 Å². The number of rotatable bonds is 10. The predicted molar refractivity (Wildman–Crippen MR) is 122 cm³/mol. The Balaban J connectivity index is 1.65. The van der Waals surface area contributed by atoms with E-state index in [0.29, 0.717) is 36.6 Å². The normalized spacial score (nSPS) is 13.7. The molecule has 0 heterocycles. The van der Waals surface area contributed by atoms with Crippen molar-refractivity contribution in [2.75, 3.05) is 25.6 Å². The van der Waals surface area contributed by atoms with Crippen LogP contribution in [-0.2, 0) is 22.4 Å². The number of para-hydroxylation sites is 1. The SMILES string of the molecule is CC[C@H](Oc1ccc2c(c1)CCCC2)C(=O)Nc1ccccc1C(=O)NCCCOC. The minimum atomic E-state index is -0.639. The van der Waals surface area contributed by atoms with E-state index in [9.17, 15) is 9.59 Å². The Hall–Kier alpha value is -2.86. The third-order valence-electron chi connectivity index (χ3n) is 5.50. The van der Waals surface area contributed by atoms with Crippen LogP contribution in [-0.4, -0.2) is 38.2 Å². The van der Waals surface area contributed by atoms with Crippen molar-refractivity contribution in [2.24, 2.45) is 0 Å². The quantitative estimate of drug-likeness (QED) is 0.563. The van der Waals surface area contributed by atoms with Gasteiger partial charge in [0.2, 0.25) is 0 Å². The summed E-state index contributed by atoms with van der Waals surface area (Å²) in [6.07, 6.45) is 5.20. The maximum atomic E-state index is 12.9. The number of hydrogen-bond acceptors (Lipinski definition) is 4. The average molecular weight is 425 g/mol. The third-order valence-corrected chi connectivity index (χ3v) is 5.50. The number of anilines is 1. The lowest BCUT2D eigenvalue weighted by molar-refractivity contribution is -0.122. The fourth-order valence-corrected chi connectivity index (χ4v) is 3.79. The van der Waals surface area contributed by atoms with E-state index >= 15 is 0 Å². The van der Waals surface area contributed by atoms with Crippen LogP contribution >= 0.6 is 0 Å². The van der Waals surface area contributed by atoms with E-state index in [0.717, 1.165) is 19.3 Å². The summed E-state index contributed by atoms with van der Waals surface area (Å²) in [5.74, 6) is 0.224. The second kappa shape index (κ2) is 11.5. The zero-order chi connectivity index (χ0) is 22.1. The topological polar surface area (TPSA) is 76.7 Å². The highest BCUT2D eigenvalue weighted by Crippen LogP contribution is 2.26. The molecule has 2 N–H and O–H groups in total. The Bertz CT molecular complexity index is 897. The van der Waals surface area contributed by atoms with Crippen LogP contribution in [0.1, 0.15) is 54.1 Å². The van der Waals surface area contributed by atoms with Crippen LogP contribution in [0.15, 0.2) is 42.5 Å². The zero-order valence-corrected chi connectivity index (χ0v) is 18.4. The monoisotopic (exact) mass is 424 g/mol. The number of nitrogens with one attached hydrogen (secondary N) is 2. The smallest absolute Gasteiger partial charge is 0.265 e. The van der Waals surface area contributed by atoms with Gasteiger partial charge in [0.1, 0.15) is 5.75 Å². The molecule has 0 bridgehead atoms. The molecule has 6 heteroatoms. The van der Waals surface area contributed by atoms with Crippen molar-refractivity contribution in [3.8, 4) is 5.75 Å². The molecular formula is C25H32N2O4. The molecule has 6 nitrogen and oxygen atoms in total. The molecule has 1 aliphatic rings. The molecule has 0 unspecified atom stereocenters. The minimum absolute atomic E-state index is 0.226. The van der Waals surface area contributed by atoms with Crippen molar-refractivity contribution in [1.29, 1.82) is 0 Å². The molecule has 0 saturated carbocycles. The second-order valence-electron chi connectivity index (χ2n) is 7.79. The third kappa shape index (κ3) is 6.31. The largest absolute Gasteiger partial charge is 0.481 e. The number of hydrogen-bond donors (Lipinski definition) is 2. The Morgan fingerprint density at radius 1 is 1.06 bits per heavy atom. The number of fused-ring (bicyclic) bond motifs is 1. The molecule has 1 atom stereocenters. The molecular weight excluding hydrogens is 392 g/mol. The van der Waals surface area contributed by atoms with Gasteiger partial charge in [0, 0.05) is 20.3 Å². The predicted octanol–water partition coefficient (Wildman–Crippen LogP) is 4.13. The van der Waals surface area contributed by atoms with E-state index in [1.54, 1.807) is 31.4 Å². The van der Waals surface area contributed by atoms with E-state index in [4.69, 9.17) is 9.47 Å². The zero-order valence-electron chi connectivity index (χ0n) is 18.4. The standard InChI is InChI=1S/C25H32N2O4/c1-3-23(31-20-14-13-18-9-4-5-10-19(18)17-20)25(29)27-22-12-7-6-11-21(22)24(28)26-15-8-16-30-2/h6-7,11-14,17,23H,3-5,8-10,15-16H2,1-2H3,(H,26,28)(H,27,29)/t23-/m0/s1. The molecule has 0 aliphatic heterocycles. The Kier molecular flexibility index (Phi) is 8.47. The van der Waals surface area contributed by atoms with E-state index in [-0.39, 0.29) is 11.8 Å². The van der Waals surface area contributed by atoms with Gasteiger partial charge in [0.05, 0.1) is 11.3 Å². The number of carbonyl (C=O) groups is 2. The molecule has 31 heavy (non-hydrogen) atoms.